The number of rotatable bonds is 4. The van der Waals surface area contributed by atoms with E-state index < -0.39 is 5.63 Å². The third-order valence-electron chi connectivity index (χ3n) is 4.02. The summed E-state index contributed by atoms with van der Waals surface area (Å²) in [6, 6.07) is 3.40. The Morgan fingerprint density at radius 1 is 1.17 bits per heavy atom. The van der Waals surface area contributed by atoms with Gasteiger partial charge in [-0.1, -0.05) is 5.11 Å². The Bertz CT molecular complexity index is 1010. The second-order valence-corrected chi connectivity index (χ2v) is 5.40. The van der Waals surface area contributed by atoms with Crippen molar-refractivity contribution < 1.29 is 8.83 Å². The summed E-state index contributed by atoms with van der Waals surface area (Å²) in [5, 5.41) is 5.31. The molecule has 0 amide bonds. The van der Waals surface area contributed by atoms with Crippen molar-refractivity contribution in [3.05, 3.63) is 55.4 Å². The zero-order valence-electron chi connectivity index (χ0n) is 12.9. The van der Waals surface area contributed by atoms with Gasteiger partial charge in [-0.25, -0.2) is 4.79 Å². The van der Waals surface area contributed by atoms with E-state index in [1.165, 1.54) is 6.07 Å². The maximum atomic E-state index is 11.8. The van der Waals surface area contributed by atoms with Crippen molar-refractivity contribution in [2.24, 2.45) is 10.8 Å². The average molecular weight is 312 g/mol. The lowest BCUT2D eigenvalue weighted by Gasteiger charge is -2.07. The minimum absolute atomic E-state index is 0.250. The molecule has 118 valence electrons. The summed E-state index contributed by atoms with van der Waals surface area (Å²) >= 11 is 0. The Morgan fingerprint density at radius 2 is 1.91 bits per heavy atom. The fourth-order valence-corrected chi connectivity index (χ4v) is 2.93. The lowest BCUT2D eigenvalue weighted by atomic mass is 10.00. The van der Waals surface area contributed by atoms with Gasteiger partial charge < -0.3 is 14.6 Å². The third-order valence-corrected chi connectivity index (χ3v) is 4.02. The Kier molecular flexibility index (Phi) is 3.82. The highest BCUT2D eigenvalue weighted by Gasteiger charge is 2.19. The van der Waals surface area contributed by atoms with Crippen molar-refractivity contribution in [3.63, 3.8) is 0 Å². The molecule has 7 heteroatoms. The van der Waals surface area contributed by atoms with E-state index in [2.05, 4.69) is 10.0 Å². The third kappa shape index (κ3) is 2.46. The van der Waals surface area contributed by atoms with Gasteiger partial charge in [-0.05, 0) is 37.4 Å². The highest BCUT2D eigenvalue weighted by molar-refractivity contribution is 6.00. The maximum Gasteiger partial charge on any atom is 0.336 e. The summed E-state index contributed by atoms with van der Waals surface area (Å²) in [6.07, 6.45) is 0.418. The molecule has 0 unspecified atom stereocenters. The van der Waals surface area contributed by atoms with E-state index in [1.807, 2.05) is 19.9 Å². The second-order valence-electron chi connectivity index (χ2n) is 5.40. The van der Waals surface area contributed by atoms with Gasteiger partial charge >= 0.3 is 5.63 Å². The van der Waals surface area contributed by atoms with Crippen molar-refractivity contribution in [1.29, 1.82) is 0 Å². The normalized spacial score (nSPS) is 11.1. The van der Waals surface area contributed by atoms with Crippen LogP contribution in [0.5, 0.6) is 0 Å². The van der Waals surface area contributed by atoms with Crippen LogP contribution in [0.2, 0.25) is 0 Å². The molecule has 2 aromatic heterocycles. The van der Waals surface area contributed by atoms with E-state index in [0.29, 0.717) is 24.1 Å². The first kappa shape index (κ1) is 15.1. The zero-order valence-corrected chi connectivity index (χ0v) is 12.9. The largest absolute Gasteiger partial charge is 0.461 e. The van der Waals surface area contributed by atoms with Crippen molar-refractivity contribution in [2.45, 2.75) is 26.8 Å². The first-order valence-electron chi connectivity index (χ1n) is 7.26. The summed E-state index contributed by atoms with van der Waals surface area (Å²) in [5.74, 6) is 0.739. The van der Waals surface area contributed by atoms with E-state index >= 15 is 0 Å². The monoisotopic (exact) mass is 312 g/mol. The lowest BCUT2D eigenvalue weighted by molar-refractivity contribution is 0.547. The van der Waals surface area contributed by atoms with Gasteiger partial charge in [0.25, 0.3) is 0 Å². The number of benzene rings is 1. The van der Waals surface area contributed by atoms with Crippen molar-refractivity contribution >= 4 is 21.9 Å². The van der Waals surface area contributed by atoms with Crippen molar-refractivity contribution in [1.82, 2.24) is 0 Å². The van der Waals surface area contributed by atoms with Crippen LogP contribution in [0.15, 0.2) is 30.9 Å². The topological polar surface area (TPSA) is 118 Å². The quantitative estimate of drug-likeness (QED) is 0.343. The summed E-state index contributed by atoms with van der Waals surface area (Å²) < 4.78 is 11.3. The number of hydrogen-bond acceptors (Lipinski definition) is 5. The molecular weight excluding hydrogens is 296 g/mol. The Hall–Kier alpha value is -2.76. The molecule has 0 aliphatic rings. The minimum Gasteiger partial charge on any atom is -0.461 e. The molecule has 0 atom stereocenters. The molecule has 0 aliphatic carbocycles. The van der Waals surface area contributed by atoms with E-state index in [1.54, 1.807) is 0 Å². The molecule has 2 heterocycles. The van der Waals surface area contributed by atoms with Gasteiger partial charge in [-0.15, -0.1) is 0 Å². The molecule has 0 spiro atoms. The number of nitrogens with zero attached hydrogens (tertiary/aromatic N) is 3. The molecule has 1 aromatic carbocycles. The van der Waals surface area contributed by atoms with Gasteiger partial charge in [0.15, 0.2) is 0 Å². The number of aryl methyl sites for hydroxylation is 2. The number of nitrogens with two attached hydrogens (primary N) is 1. The fourth-order valence-electron chi connectivity index (χ4n) is 2.93. The Balaban J connectivity index is 2.44. The van der Waals surface area contributed by atoms with E-state index in [-0.39, 0.29) is 6.54 Å². The van der Waals surface area contributed by atoms with Gasteiger partial charge in [0, 0.05) is 46.0 Å². The molecular formula is C16H16N4O3. The van der Waals surface area contributed by atoms with Crippen LogP contribution in [0.4, 0.5) is 0 Å². The van der Waals surface area contributed by atoms with Crippen LogP contribution in [0.25, 0.3) is 32.4 Å². The van der Waals surface area contributed by atoms with Crippen LogP contribution in [-0.2, 0) is 13.0 Å². The van der Waals surface area contributed by atoms with E-state index in [4.69, 9.17) is 20.1 Å². The van der Waals surface area contributed by atoms with Gasteiger partial charge in [-0.2, -0.15) is 0 Å². The summed E-state index contributed by atoms with van der Waals surface area (Å²) in [6.45, 7) is 4.32. The van der Waals surface area contributed by atoms with Crippen LogP contribution in [0, 0.1) is 13.8 Å². The van der Waals surface area contributed by atoms with Crippen LogP contribution in [0.1, 0.15) is 22.5 Å². The smallest absolute Gasteiger partial charge is 0.336 e. The molecule has 7 nitrogen and oxygen atoms in total. The van der Waals surface area contributed by atoms with Crippen molar-refractivity contribution in [2.75, 3.05) is 6.54 Å². The molecule has 0 fully saturated rings. The standard InChI is InChI=1S/C16H16N4O3/c1-8-5-14(21)23-15-10(3-4-19-20-18)16-12(6-11(8)15)13(7-17)9(2)22-16/h5-6H,3-4,7,17H2,1-2H3. The second kappa shape index (κ2) is 5.79. The highest BCUT2D eigenvalue weighted by Crippen LogP contribution is 2.34. The maximum absolute atomic E-state index is 11.8. The van der Waals surface area contributed by atoms with Gasteiger partial charge in [0.2, 0.25) is 0 Å². The first-order chi connectivity index (χ1) is 11.1. The van der Waals surface area contributed by atoms with E-state index in [0.717, 1.165) is 33.2 Å². The minimum atomic E-state index is -0.415. The predicted octanol–water partition coefficient (Wildman–Crippen LogP) is 3.47. The molecule has 0 bridgehead atoms. The van der Waals surface area contributed by atoms with Gasteiger partial charge in [-0.3, -0.25) is 0 Å². The zero-order chi connectivity index (χ0) is 16.6. The van der Waals surface area contributed by atoms with Gasteiger partial charge in [0.1, 0.15) is 16.9 Å². The summed E-state index contributed by atoms with van der Waals surface area (Å²) in [4.78, 5) is 14.5. The molecule has 0 aliphatic heterocycles. The van der Waals surface area contributed by atoms with Crippen LogP contribution >= 0.6 is 0 Å². The van der Waals surface area contributed by atoms with Crippen LogP contribution < -0.4 is 11.4 Å². The Morgan fingerprint density at radius 3 is 2.61 bits per heavy atom. The fraction of sp³-hybridized carbons (Fsp3) is 0.312. The number of furan rings is 1. The molecule has 23 heavy (non-hydrogen) atoms. The molecule has 0 radical (unpaired) electrons. The van der Waals surface area contributed by atoms with Crippen molar-refractivity contribution in [3.8, 4) is 0 Å². The van der Waals surface area contributed by atoms with E-state index in [9.17, 15) is 4.79 Å². The number of fused-ring (bicyclic) bond motifs is 2. The van der Waals surface area contributed by atoms with Gasteiger partial charge in [0.05, 0.1) is 0 Å². The average Bonchev–Trinajstić information content (AvgIpc) is 2.82. The molecule has 3 rings (SSSR count). The first-order valence-corrected chi connectivity index (χ1v) is 7.26. The lowest BCUT2D eigenvalue weighted by Crippen LogP contribution is -2.02. The highest BCUT2D eigenvalue weighted by atomic mass is 16.4. The van der Waals surface area contributed by atoms with Crippen LogP contribution in [-0.4, -0.2) is 6.54 Å². The Labute approximate surface area is 131 Å². The number of hydrogen-bond donors (Lipinski definition) is 1. The SMILES string of the molecule is Cc1oc2c(CCN=[N+]=[N-])c3oc(=O)cc(C)c3cc2c1CN. The molecule has 2 N–H and O–H groups in total. The summed E-state index contributed by atoms with van der Waals surface area (Å²) in [7, 11) is 0. The summed E-state index contributed by atoms with van der Waals surface area (Å²) in [5.41, 5.74) is 17.5. The predicted molar refractivity (Wildman–Crippen MR) is 87.3 cm³/mol. The molecule has 3 aromatic rings. The molecule has 0 saturated heterocycles. The molecule has 0 saturated carbocycles. The number of azide groups is 1. The van der Waals surface area contributed by atoms with Crippen LogP contribution in [0.3, 0.4) is 0 Å².